The van der Waals surface area contributed by atoms with Gasteiger partial charge < -0.3 is 15.7 Å². The van der Waals surface area contributed by atoms with Crippen LogP contribution in [0.1, 0.15) is 58.3 Å². The first kappa shape index (κ1) is 14.7. The molecule has 5 heteroatoms. The summed E-state index contributed by atoms with van der Waals surface area (Å²) in [6.07, 6.45) is 7.78. The van der Waals surface area contributed by atoms with E-state index in [4.69, 9.17) is 0 Å². The number of aliphatic carboxylic acids is 1. The minimum atomic E-state index is -1.06. The fraction of sp³-hybridized carbons (Fsp3) is 0.875. The first-order chi connectivity index (χ1) is 9.96. The Morgan fingerprint density at radius 3 is 2.19 bits per heavy atom. The van der Waals surface area contributed by atoms with Gasteiger partial charge >= 0.3 is 12.0 Å². The third kappa shape index (κ3) is 3.01. The second-order valence-corrected chi connectivity index (χ2v) is 7.51. The van der Waals surface area contributed by atoms with Crippen LogP contribution < -0.4 is 10.6 Å². The Morgan fingerprint density at radius 1 is 1.10 bits per heavy atom. The Hall–Kier alpha value is -1.26. The average Bonchev–Trinajstić information content (AvgIpc) is 3.32. The maximum Gasteiger partial charge on any atom is 0.329 e. The zero-order valence-electron chi connectivity index (χ0n) is 12.8. The molecule has 3 aliphatic rings. The molecular weight excluding hydrogens is 268 g/mol. The van der Waals surface area contributed by atoms with E-state index in [9.17, 15) is 14.7 Å². The molecular formula is C16H26N2O3. The van der Waals surface area contributed by atoms with Crippen LogP contribution in [-0.2, 0) is 4.79 Å². The minimum absolute atomic E-state index is 0.307. The van der Waals surface area contributed by atoms with Crippen LogP contribution in [0, 0.1) is 17.3 Å². The molecule has 2 amide bonds. The van der Waals surface area contributed by atoms with E-state index in [-0.39, 0.29) is 6.03 Å². The van der Waals surface area contributed by atoms with Crippen molar-refractivity contribution in [3.8, 4) is 0 Å². The molecule has 0 saturated heterocycles. The van der Waals surface area contributed by atoms with E-state index in [0.29, 0.717) is 30.7 Å². The lowest BCUT2D eigenvalue weighted by molar-refractivity contribution is -0.146. The Morgan fingerprint density at radius 2 is 1.71 bits per heavy atom. The maximum absolute atomic E-state index is 12.1. The van der Waals surface area contributed by atoms with Crippen LogP contribution in [-0.4, -0.2) is 29.2 Å². The quantitative estimate of drug-likeness (QED) is 0.729. The van der Waals surface area contributed by atoms with Gasteiger partial charge in [0.15, 0.2) is 0 Å². The van der Waals surface area contributed by atoms with E-state index in [1.54, 1.807) is 0 Å². The molecule has 3 rings (SSSR count). The van der Waals surface area contributed by atoms with E-state index in [2.05, 4.69) is 17.6 Å². The van der Waals surface area contributed by atoms with Crippen LogP contribution in [0.2, 0.25) is 0 Å². The van der Waals surface area contributed by atoms with E-state index in [0.717, 1.165) is 18.8 Å². The smallest absolute Gasteiger partial charge is 0.329 e. The number of hydrogen-bond donors (Lipinski definition) is 3. The van der Waals surface area contributed by atoms with E-state index >= 15 is 0 Å². The molecule has 0 spiro atoms. The van der Waals surface area contributed by atoms with Gasteiger partial charge in [-0.25, -0.2) is 9.59 Å². The first-order valence-corrected chi connectivity index (χ1v) is 8.25. The summed E-state index contributed by atoms with van der Waals surface area (Å²) < 4.78 is 0. The number of rotatable bonds is 5. The van der Waals surface area contributed by atoms with Crippen LogP contribution in [0.5, 0.6) is 0 Å². The first-order valence-electron chi connectivity index (χ1n) is 8.25. The van der Waals surface area contributed by atoms with Crippen molar-refractivity contribution in [3.05, 3.63) is 0 Å². The lowest BCUT2D eigenvalue weighted by Crippen LogP contribution is -2.59. The normalized spacial score (nSPS) is 34.0. The summed E-state index contributed by atoms with van der Waals surface area (Å²) in [5.41, 5.74) is -0.721. The zero-order valence-corrected chi connectivity index (χ0v) is 12.8. The summed E-state index contributed by atoms with van der Waals surface area (Å²) in [6, 6.07) is -0.307. The third-order valence-electron chi connectivity index (χ3n) is 5.83. The Kier molecular flexibility index (Phi) is 3.62. The highest BCUT2D eigenvalue weighted by atomic mass is 16.4. The van der Waals surface area contributed by atoms with Gasteiger partial charge in [-0.3, -0.25) is 0 Å². The summed E-state index contributed by atoms with van der Waals surface area (Å²) in [7, 11) is 0. The van der Waals surface area contributed by atoms with Crippen molar-refractivity contribution in [2.75, 3.05) is 6.54 Å². The second-order valence-electron chi connectivity index (χ2n) is 7.51. The molecule has 0 aliphatic heterocycles. The number of carbonyl (C=O) groups excluding carboxylic acids is 1. The van der Waals surface area contributed by atoms with Gasteiger partial charge in [0.05, 0.1) is 0 Å². The fourth-order valence-corrected chi connectivity index (χ4v) is 3.75. The number of amides is 2. The van der Waals surface area contributed by atoms with Crippen LogP contribution in [0.25, 0.3) is 0 Å². The number of hydrogen-bond acceptors (Lipinski definition) is 2. The molecule has 118 valence electrons. The second kappa shape index (κ2) is 5.18. The van der Waals surface area contributed by atoms with E-state index in [1.165, 1.54) is 25.7 Å². The summed E-state index contributed by atoms with van der Waals surface area (Å²) in [4.78, 5) is 23.7. The summed E-state index contributed by atoms with van der Waals surface area (Å²) in [5.74, 6) is 0.446. The number of urea groups is 1. The topological polar surface area (TPSA) is 78.4 Å². The fourth-order valence-electron chi connectivity index (χ4n) is 3.75. The SMILES string of the molecule is CC1CCC(NC(=O)NCC2(C3CC3)CC2)(C(=O)O)CC1. The summed E-state index contributed by atoms with van der Waals surface area (Å²) >= 11 is 0. The average molecular weight is 294 g/mol. The van der Waals surface area contributed by atoms with E-state index in [1.807, 2.05) is 0 Å². The van der Waals surface area contributed by atoms with Gasteiger partial charge in [0.1, 0.15) is 5.54 Å². The van der Waals surface area contributed by atoms with Crippen LogP contribution in [0.4, 0.5) is 4.79 Å². The van der Waals surface area contributed by atoms with Crippen molar-refractivity contribution in [1.29, 1.82) is 0 Å². The largest absolute Gasteiger partial charge is 0.480 e. The highest BCUT2D eigenvalue weighted by molar-refractivity contribution is 5.86. The van der Waals surface area contributed by atoms with Crippen molar-refractivity contribution in [1.82, 2.24) is 10.6 Å². The third-order valence-corrected chi connectivity index (χ3v) is 5.83. The van der Waals surface area contributed by atoms with Gasteiger partial charge in [-0.1, -0.05) is 6.92 Å². The number of carboxylic acids is 1. The molecule has 5 nitrogen and oxygen atoms in total. The van der Waals surface area contributed by atoms with Crippen LogP contribution in [0.3, 0.4) is 0 Å². The number of carbonyl (C=O) groups is 2. The molecule has 3 fully saturated rings. The lowest BCUT2D eigenvalue weighted by atomic mass is 9.77. The van der Waals surface area contributed by atoms with Gasteiger partial charge in [-0.2, -0.15) is 0 Å². The molecule has 3 saturated carbocycles. The molecule has 0 bridgehead atoms. The minimum Gasteiger partial charge on any atom is -0.480 e. The van der Waals surface area contributed by atoms with Gasteiger partial charge in [0, 0.05) is 6.54 Å². The van der Waals surface area contributed by atoms with Crippen molar-refractivity contribution < 1.29 is 14.7 Å². The highest BCUT2D eigenvalue weighted by Gasteiger charge is 2.53. The molecule has 0 atom stereocenters. The predicted octanol–water partition coefficient (Wildman–Crippen LogP) is 2.51. The molecule has 21 heavy (non-hydrogen) atoms. The molecule has 0 aromatic rings. The van der Waals surface area contributed by atoms with Crippen LogP contribution in [0.15, 0.2) is 0 Å². The summed E-state index contributed by atoms with van der Waals surface area (Å²) in [6.45, 7) is 2.84. The van der Waals surface area contributed by atoms with Crippen LogP contribution >= 0.6 is 0 Å². The van der Waals surface area contributed by atoms with Gasteiger partial charge in [-0.15, -0.1) is 0 Å². The monoisotopic (exact) mass is 294 g/mol. The van der Waals surface area contributed by atoms with Crippen molar-refractivity contribution in [3.63, 3.8) is 0 Å². The highest BCUT2D eigenvalue weighted by Crippen LogP contribution is 2.60. The Labute approximate surface area is 125 Å². The molecule has 0 aromatic heterocycles. The number of nitrogens with one attached hydrogen (secondary N) is 2. The van der Waals surface area contributed by atoms with Gasteiger partial charge in [0.25, 0.3) is 0 Å². The molecule has 0 unspecified atom stereocenters. The lowest BCUT2D eigenvalue weighted by Gasteiger charge is -2.36. The standard InChI is InChI=1S/C16H26N2O3/c1-11-4-6-16(7-5-11,13(19)20)18-14(21)17-10-15(8-9-15)12-2-3-12/h11-12H,2-10H2,1H3,(H,19,20)(H2,17,18,21). The molecule has 3 aliphatic carbocycles. The molecule has 3 N–H and O–H groups in total. The van der Waals surface area contributed by atoms with Gasteiger partial charge in [0.2, 0.25) is 0 Å². The summed E-state index contributed by atoms with van der Waals surface area (Å²) in [5, 5.41) is 15.2. The molecule has 0 aromatic carbocycles. The zero-order chi connectivity index (χ0) is 15.1. The Bertz CT molecular complexity index is 433. The van der Waals surface area contributed by atoms with Crippen molar-refractivity contribution in [2.24, 2.45) is 17.3 Å². The maximum atomic E-state index is 12.1. The van der Waals surface area contributed by atoms with Gasteiger partial charge in [-0.05, 0) is 68.6 Å². The predicted molar refractivity (Wildman–Crippen MR) is 78.9 cm³/mol. The Balaban J connectivity index is 1.53. The van der Waals surface area contributed by atoms with E-state index < -0.39 is 11.5 Å². The van der Waals surface area contributed by atoms with Crippen molar-refractivity contribution >= 4 is 12.0 Å². The molecule has 0 radical (unpaired) electrons. The van der Waals surface area contributed by atoms with Crippen molar-refractivity contribution in [2.45, 2.75) is 63.8 Å². The molecule has 0 heterocycles. The number of carboxylic acid groups (broad SMARTS) is 1.